The third-order valence-electron chi connectivity index (χ3n) is 6.80. The molecule has 0 radical (unpaired) electrons. The fourth-order valence-electron chi connectivity index (χ4n) is 5.07. The highest BCUT2D eigenvalue weighted by molar-refractivity contribution is 7.90. The SMILES string of the molecule is Cc1ccc(S(=O)(=O)NC(=O)N2C[C@H]3CC2C2C(=O)N(c4ccc(C#N)c(Cl)c4C)C(=O)N23)cc1. The lowest BCUT2D eigenvalue weighted by atomic mass is 10.1. The van der Waals surface area contributed by atoms with Gasteiger partial charge >= 0.3 is 12.1 Å². The first-order valence-electron chi connectivity index (χ1n) is 10.8. The molecule has 3 atom stereocenters. The molecule has 180 valence electrons. The maximum atomic E-state index is 13.4. The van der Waals surface area contributed by atoms with Crippen molar-refractivity contribution in [3.05, 3.63) is 58.1 Å². The summed E-state index contributed by atoms with van der Waals surface area (Å²) in [7, 11) is -4.11. The molecular formula is C23H20ClN5O5S. The molecule has 0 spiro atoms. The van der Waals surface area contributed by atoms with Crippen LogP contribution in [0.2, 0.25) is 5.02 Å². The van der Waals surface area contributed by atoms with Crippen molar-refractivity contribution in [1.82, 2.24) is 14.5 Å². The lowest BCUT2D eigenvalue weighted by Gasteiger charge is -2.34. The minimum atomic E-state index is -4.11. The number of carbonyl (C=O) groups is 3. The van der Waals surface area contributed by atoms with Crippen LogP contribution in [0, 0.1) is 25.2 Å². The number of likely N-dealkylation sites (tertiary alicyclic amines) is 1. The Morgan fingerprint density at radius 2 is 1.83 bits per heavy atom. The number of anilines is 1. The molecule has 3 aliphatic rings. The molecule has 2 aromatic carbocycles. The topological polar surface area (TPSA) is 131 Å². The van der Waals surface area contributed by atoms with E-state index in [9.17, 15) is 28.1 Å². The van der Waals surface area contributed by atoms with E-state index in [1.165, 1.54) is 34.1 Å². The predicted molar refractivity (Wildman–Crippen MR) is 125 cm³/mol. The number of aryl methyl sites for hydroxylation is 1. The van der Waals surface area contributed by atoms with E-state index in [2.05, 4.69) is 4.72 Å². The summed E-state index contributed by atoms with van der Waals surface area (Å²) in [5, 5.41) is 9.34. The monoisotopic (exact) mass is 513 g/mol. The van der Waals surface area contributed by atoms with Crippen molar-refractivity contribution >= 4 is 45.3 Å². The summed E-state index contributed by atoms with van der Waals surface area (Å²) in [6.07, 6.45) is 0.376. The smallest absolute Gasteiger partial charge is 0.316 e. The van der Waals surface area contributed by atoms with Crippen LogP contribution in [-0.4, -0.2) is 60.9 Å². The molecule has 2 unspecified atom stereocenters. The van der Waals surface area contributed by atoms with Crippen molar-refractivity contribution in [2.75, 3.05) is 11.4 Å². The Morgan fingerprint density at radius 1 is 1.14 bits per heavy atom. The number of imide groups is 1. The standard InChI is InChI=1S/C23H20ClN5O5S/c1-12-3-6-16(7-4-12)35(33,34)26-22(31)27-11-15-9-18(27)20-21(30)29(23(32)28(15)20)17-8-5-14(10-25)19(24)13(17)2/h3-8,15,18,20H,9,11H2,1-2H3,(H,26,31)/t15-,18?,20?/m1/s1. The van der Waals surface area contributed by atoms with Crippen LogP contribution >= 0.6 is 11.6 Å². The van der Waals surface area contributed by atoms with Crippen LogP contribution in [0.5, 0.6) is 0 Å². The number of fused-ring (bicyclic) bond motifs is 5. The van der Waals surface area contributed by atoms with Crippen LogP contribution in [0.4, 0.5) is 15.3 Å². The Bertz CT molecular complexity index is 1440. The molecule has 10 nitrogen and oxygen atoms in total. The maximum Gasteiger partial charge on any atom is 0.332 e. The Hall–Kier alpha value is -3.62. The molecule has 0 aromatic heterocycles. The predicted octanol–water partition coefficient (Wildman–Crippen LogP) is 2.52. The zero-order chi connectivity index (χ0) is 25.2. The Labute approximate surface area is 206 Å². The van der Waals surface area contributed by atoms with Crippen molar-refractivity contribution in [1.29, 1.82) is 5.26 Å². The van der Waals surface area contributed by atoms with Gasteiger partial charge in [0.05, 0.1) is 33.3 Å². The van der Waals surface area contributed by atoms with E-state index in [0.29, 0.717) is 12.0 Å². The highest BCUT2D eigenvalue weighted by Gasteiger charge is 2.63. The summed E-state index contributed by atoms with van der Waals surface area (Å²) < 4.78 is 27.5. The molecule has 1 N–H and O–H groups in total. The molecule has 2 bridgehead atoms. The number of rotatable bonds is 3. The number of piperazine rings is 1. The van der Waals surface area contributed by atoms with Gasteiger partial charge in [-0.25, -0.2) is 27.6 Å². The molecule has 2 aromatic rings. The number of sulfonamides is 1. The van der Waals surface area contributed by atoms with Crippen LogP contribution in [0.3, 0.4) is 0 Å². The summed E-state index contributed by atoms with van der Waals surface area (Å²) in [4.78, 5) is 43.3. The van der Waals surface area contributed by atoms with Crippen molar-refractivity contribution in [2.45, 2.75) is 43.3 Å². The molecule has 3 heterocycles. The minimum Gasteiger partial charge on any atom is -0.316 e. The third kappa shape index (κ3) is 3.44. The summed E-state index contributed by atoms with van der Waals surface area (Å²) in [6.45, 7) is 3.54. The highest BCUT2D eigenvalue weighted by Crippen LogP contribution is 2.43. The summed E-state index contributed by atoms with van der Waals surface area (Å²) in [5.74, 6) is -0.523. The number of nitrogens with zero attached hydrogens (tertiary/aromatic N) is 4. The summed E-state index contributed by atoms with van der Waals surface area (Å²) >= 11 is 6.24. The fourth-order valence-corrected chi connectivity index (χ4v) is 6.23. The third-order valence-corrected chi connectivity index (χ3v) is 8.62. The first-order chi connectivity index (χ1) is 16.5. The second-order valence-electron chi connectivity index (χ2n) is 8.82. The number of nitriles is 1. The van der Waals surface area contributed by atoms with E-state index in [0.717, 1.165) is 10.5 Å². The van der Waals surface area contributed by atoms with Gasteiger partial charge in [-0.3, -0.25) is 4.79 Å². The molecule has 12 heteroatoms. The highest BCUT2D eigenvalue weighted by atomic mass is 35.5. The molecule has 0 saturated carbocycles. The van der Waals surface area contributed by atoms with E-state index in [1.54, 1.807) is 19.1 Å². The van der Waals surface area contributed by atoms with E-state index in [-0.39, 0.29) is 27.7 Å². The van der Waals surface area contributed by atoms with Crippen molar-refractivity contribution in [3.8, 4) is 6.07 Å². The molecule has 0 aliphatic carbocycles. The van der Waals surface area contributed by atoms with Crippen LogP contribution in [0.1, 0.15) is 23.1 Å². The van der Waals surface area contributed by atoms with Gasteiger partial charge in [-0.05, 0) is 50.1 Å². The number of carbonyl (C=O) groups excluding carboxylic acids is 3. The van der Waals surface area contributed by atoms with Gasteiger partial charge in [0.25, 0.3) is 15.9 Å². The number of urea groups is 2. The number of amides is 5. The lowest BCUT2D eigenvalue weighted by Crippen LogP contribution is -2.57. The van der Waals surface area contributed by atoms with Gasteiger partial charge in [0, 0.05) is 6.54 Å². The second kappa shape index (κ2) is 7.96. The fraction of sp³-hybridized carbons (Fsp3) is 0.304. The normalized spacial score (nSPS) is 23.0. The lowest BCUT2D eigenvalue weighted by molar-refractivity contribution is -0.120. The molecule has 35 heavy (non-hydrogen) atoms. The van der Waals surface area contributed by atoms with Crippen LogP contribution < -0.4 is 9.62 Å². The molecule has 5 rings (SSSR count). The Balaban J connectivity index is 1.39. The van der Waals surface area contributed by atoms with E-state index in [1.807, 2.05) is 13.0 Å². The number of halogens is 1. The summed E-state index contributed by atoms with van der Waals surface area (Å²) in [5.41, 5.74) is 1.79. The molecule has 3 fully saturated rings. The number of nitrogens with one attached hydrogen (secondary N) is 1. The average molecular weight is 514 g/mol. The van der Waals surface area contributed by atoms with Crippen molar-refractivity contribution in [2.24, 2.45) is 0 Å². The van der Waals surface area contributed by atoms with Gasteiger partial charge in [-0.2, -0.15) is 5.26 Å². The van der Waals surface area contributed by atoms with Crippen LogP contribution in [0.15, 0.2) is 41.3 Å². The largest absolute Gasteiger partial charge is 0.332 e. The molecular weight excluding hydrogens is 494 g/mol. The first-order valence-corrected chi connectivity index (χ1v) is 12.7. The van der Waals surface area contributed by atoms with Gasteiger partial charge in [0.1, 0.15) is 12.1 Å². The number of hydrogen-bond donors (Lipinski definition) is 1. The van der Waals surface area contributed by atoms with Crippen LogP contribution in [0.25, 0.3) is 0 Å². The second-order valence-corrected chi connectivity index (χ2v) is 10.9. The van der Waals surface area contributed by atoms with Gasteiger partial charge in [-0.1, -0.05) is 29.3 Å². The number of benzene rings is 2. The van der Waals surface area contributed by atoms with E-state index in [4.69, 9.17) is 11.6 Å². The van der Waals surface area contributed by atoms with Gasteiger partial charge in [0.15, 0.2) is 0 Å². The quantitative estimate of drug-likeness (QED) is 0.627. The molecule has 5 amide bonds. The van der Waals surface area contributed by atoms with Gasteiger partial charge in [0.2, 0.25) is 0 Å². The average Bonchev–Trinajstić information content (AvgIpc) is 3.47. The van der Waals surface area contributed by atoms with E-state index < -0.39 is 46.1 Å². The van der Waals surface area contributed by atoms with Crippen molar-refractivity contribution < 1.29 is 22.8 Å². The van der Waals surface area contributed by atoms with Gasteiger partial charge < -0.3 is 9.80 Å². The minimum absolute atomic E-state index is 0.0473. The Kier molecular flexibility index (Phi) is 5.27. The number of hydrogen-bond acceptors (Lipinski definition) is 6. The van der Waals surface area contributed by atoms with Gasteiger partial charge in [-0.15, -0.1) is 0 Å². The molecule has 3 saturated heterocycles. The zero-order valence-electron chi connectivity index (χ0n) is 18.7. The first kappa shape index (κ1) is 23.1. The maximum absolute atomic E-state index is 13.4. The summed E-state index contributed by atoms with van der Waals surface area (Å²) in [6, 6.07) is 7.60. The molecule has 3 aliphatic heterocycles. The van der Waals surface area contributed by atoms with Crippen LogP contribution in [-0.2, 0) is 14.8 Å². The zero-order valence-corrected chi connectivity index (χ0v) is 20.3. The Morgan fingerprint density at radius 3 is 2.49 bits per heavy atom. The van der Waals surface area contributed by atoms with Crippen molar-refractivity contribution in [3.63, 3.8) is 0 Å². The van der Waals surface area contributed by atoms with E-state index >= 15 is 0 Å².